The monoisotopic (exact) mass is 507 g/mol. The van der Waals surface area contributed by atoms with E-state index in [-0.39, 0.29) is 11.1 Å². The van der Waals surface area contributed by atoms with Gasteiger partial charge in [0.25, 0.3) is 11.1 Å². The topological polar surface area (TPSA) is 64.0 Å². The summed E-state index contributed by atoms with van der Waals surface area (Å²) in [6.07, 6.45) is 1.71. The molecule has 0 radical (unpaired) electrons. The van der Waals surface area contributed by atoms with Gasteiger partial charge in [-0.25, -0.2) is 4.98 Å². The number of hydrogen-bond donors (Lipinski definition) is 1. The lowest BCUT2D eigenvalue weighted by molar-refractivity contribution is -0.115. The highest BCUT2D eigenvalue weighted by molar-refractivity contribution is 8.18. The van der Waals surface area contributed by atoms with Crippen molar-refractivity contribution in [3.63, 3.8) is 0 Å². The third-order valence-corrected chi connectivity index (χ3v) is 7.35. The van der Waals surface area contributed by atoms with Gasteiger partial charge in [-0.05, 0) is 78.2 Å². The first-order valence-electron chi connectivity index (χ1n) is 10.6. The van der Waals surface area contributed by atoms with Crippen LogP contribution in [0, 0.1) is 13.8 Å². The maximum atomic E-state index is 11.8. The zero-order chi connectivity index (χ0) is 24.0. The fourth-order valence-electron chi connectivity index (χ4n) is 3.88. The highest BCUT2D eigenvalue weighted by Crippen LogP contribution is 2.31. The van der Waals surface area contributed by atoms with Gasteiger partial charge in [0.2, 0.25) is 0 Å². The van der Waals surface area contributed by atoms with Gasteiger partial charge < -0.3 is 4.57 Å². The summed E-state index contributed by atoms with van der Waals surface area (Å²) in [5, 5.41) is 2.96. The minimum absolute atomic E-state index is 0.352. The third-order valence-electron chi connectivity index (χ3n) is 5.80. The molecule has 4 aromatic rings. The fraction of sp³-hybridized carbons (Fsp3) is 0.115. The van der Waals surface area contributed by atoms with Crippen LogP contribution in [0.5, 0.6) is 0 Å². The summed E-state index contributed by atoms with van der Waals surface area (Å²) >= 11 is 13.3. The Balaban J connectivity index is 1.57. The van der Waals surface area contributed by atoms with Crippen LogP contribution in [-0.2, 0) is 11.3 Å². The molecule has 1 saturated heterocycles. The number of aryl methyl sites for hydroxylation is 2. The van der Waals surface area contributed by atoms with Crippen LogP contribution in [0.3, 0.4) is 0 Å². The summed E-state index contributed by atoms with van der Waals surface area (Å²) < 4.78 is 2.17. The summed E-state index contributed by atoms with van der Waals surface area (Å²) in [6.45, 7) is 4.75. The molecule has 5 nitrogen and oxygen atoms in total. The van der Waals surface area contributed by atoms with Crippen molar-refractivity contribution in [2.45, 2.75) is 20.4 Å². The van der Waals surface area contributed by atoms with Gasteiger partial charge in [-0.2, -0.15) is 0 Å². The molecule has 1 aliphatic heterocycles. The molecule has 0 spiro atoms. The average Bonchev–Trinajstić information content (AvgIpc) is 3.30. The molecule has 1 aliphatic rings. The number of aromatic nitrogens is 2. The van der Waals surface area contributed by atoms with Crippen LogP contribution in [-0.4, -0.2) is 20.7 Å². The van der Waals surface area contributed by atoms with E-state index >= 15 is 0 Å². The smallest absolute Gasteiger partial charge is 0.290 e. The number of halogens is 2. The number of imidazole rings is 1. The number of hydrogen-bond acceptors (Lipinski definition) is 4. The van der Waals surface area contributed by atoms with Crippen molar-refractivity contribution in [3.05, 3.63) is 91.8 Å². The Kier molecular flexibility index (Phi) is 5.98. The van der Waals surface area contributed by atoms with Gasteiger partial charge in [-0.15, -0.1) is 0 Å². The van der Waals surface area contributed by atoms with Crippen molar-refractivity contribution in [3.8, 4) is 11.4 Å². The second-order valence-corrected chi connectivity index (χ2v) is 10.00. The van der Waals surface area contributed by atoms with E-state index < -0.39 is 0 Å². The first-order valence-corrected chi connectivity index (χ1v) is 12.1. The molecule has 170 valence electrons. The number of thioether (sulfide) groups is 1. The first kappa shape index (κ1) is 22.7. The zero-order valence-electron chi connectivity index (χ0n) is 18.4. The van der Waals surface area contributed by atoms with Gasteiger partial charge in [0.05, 0.1) is 26.0 Å². The van der Waals surface area contributed by atoms with Crippen LogP contribution in [0.1, 0.15) is 22.3 Å². The van der Waals surface area contributed by atoms with Crippen LogP contribution in [0.15, 0.2) is 59.5 Å². The van der Waals surface area contributed by atoms with Crippen LogP contribution in [0.25, 0.3) is 28.5 Å². The number of benzene rings is 3. The van der Waals surface area contributed by atoms with Crippen molar-refractivity contribution in [1.29, 1.82) is 0 Å². The number of amides is 2. The molecule has 8 heteroatoms. The average molecular weight is 508 g/mol. The Bertz CT molecular complexity index is 1510. The van der Waals surface area contributed by atoms with E-state index in [1.165, 1.54) is 11.1 Å². The second kappa shape index (κ2) is 8.95. The van der Waals surface area contributed by atoms with Crippen molar-refractivity contribution in [1.82, 2.24) is 14.9 Å². The molecule has 0 atom stereocenters. The number of nitrogens with zero attached hydrogens (tertiary/aromatic N) is 2. The number of fused-ring (bicyclic) bond motifs is 1. The highest BCUT2D eigenvalue weighted by Gasteiger charge is 2.25. The maximum Gasteiger partial charge on any atom is 0.290 e. The molecular weight excluding hydrogens is 489 g/mol. The Labute approximate surface area is 210 Å². The van der Waals surface area contributed by atoms with Crippen molar-refractivity contribution >= 4 is 63.2 Å². The van der Waals surface area contributed by atoms with E-state index in [1.807, 2.05) is 36.4 Å². The number of carbonyl (C=O) groups is 2. The molecule has 0 saturated carbocycles. The number of nitrogens with one attached hydrogen (secondary N) is 1. The molecule has 3 aromatic carbocycles. The normalized spacial score (nSPS) is 14.9. The number of imide groups is 1. The predicted octanol–water partition coefficient (Wildman–Crippen LogP) is 7.00. The lowest BCUT2D eigenvalue weighted by Gasteiger charge is -2.11. The fourth-order valence-corrected chi connectivity index (χ4v) is 4.88. The minimum Gasteiger partial charge on any atom is -0.319 e. The highest BCUT2D eigenvalue weighted by atomic mass is 35.5. The Hall–Kier alpha value is -3.06. The van der Waals surface area contributed by atoms with E-state index in [4.69, 9.17) is 28.2 Å². The van der Waals surface area contributed by atoms with E-state index in [1.54, 1.807) is 12.1 Å². The van der Waals surface area contributed by atoms with Crippen LogP contribution in [0.4, 0.5) is 4.79 Å². The van der Waals surface area contributed by atoms with Gasteiger partial charge in [-0.1, -0.05) is 53.5 Å². The lowest BCUT2D eigenvalue weighted by atomic mass is 10.1. The van der Waals surface area contributed by atoms with Crippen LogP contribution >= 0.6 is 35.0 Å². The van der Waals surface area contributed by atoms with E-state index in [0.717, 1.165) is 45.3 Å². The molecule has 0 aliphatic carbocycles. The summed E-state index contributed by atoms with van der Waals surface area (Å²) in [5.74, 6) is 0.460. The summed E-state index contributed by atoms with van der Waals surface area (Å²) in [4.78, 5) is 28.6. The molecule has 1 aromatic heterocycles. The van der Waals surface area contributed by atoms with Gasteiger partial charge in [-0.3, -0.25) is 14.9 Å². The summed E-state index contributed by atoms with van der Waals surface area (Å²) in [7, 11) is 0. The van der Waals surface area contributed by atoms with Crippen LogP contribution < -0.4 is 5.32 Å². The van der Waals surface area contributed by atoms with E-state index in [9.17, 15) is 9.59 Å². The SMILES string of the molecule is Cc1cc2nc(-c3ccc(/C=C4\SC(=O)NC4=O)cc3)n(Cc3ccc(Cl)c(Cl)c3)c2cc1C. The first-order chi connectivity index (χ1) is 16.3. The Morgan fingerprint density at radius 1 is 0.971 bits per heavy atom. The number of carbonyl (C=O) groups excluding carboxylic acids is 2. The van der Waals surface area contributed by atoms with Crippen molar-refractivity contribution in [2.75, 3.05) is 0 Å². The van der Waals surface area contributed by atoms with Gasteiger partial charge in [0, 0.05) is 12.1 Å². The summed E-state index contributed by atoms with van der Waals surface area (Å²) in [5.41, 5.74) is 7.11. The molecule has 1 fully saturated rings. The molecular formula is C26H19Cl2N3O2S. The van der Waals surface area contributed by atoms with E-state index in [2.05, 4.69) is 35.9 Å². The molecule has 34 heavy (non-hydrogen) atoms. The Morgan fingerprint density at radius 3 is 2.38 bits per heavy atom. The molecule has 0 unspecified atom stereocenters. The zero-order valence-corrected chi connectivity index (χ0v) is 20.7. The molecule has 0 bridgehead atoms. The van der Waals surface area contributed by atoms with Crippen LogP contribution in [0.2, 0.25) is 10.0 Å². The van der Waals surface area contributed by atoms with Crippen molar-refractivity contribution in [2.24, 2.45) is 0 Å². The molecule has 2 heterocycles. The van der Waals surface area contributed by atoms with Gasteiger partial charge in [0.1, 0.15) is 5.82 Å². The molecule has 2 amide bonds. The molecule has 1 N–H and O–H groups in total. The maximum absolute atomic E-state index is 11.8. The quantitative estimate of drug-likeness (QED) is 0.302. The lowest BCUT2D eigenvalue weighted by Crippen LogP contribution is -2.17. The van der Waals surface area contributed by atoms with Crippen molar-refractivity contribution < 1.29 is 9.59 Å². The van der Waals surface area contributed by atoms with Gasteiger partial charge in [0.15, 0.2) is 0 Å². The third kappa shape index (κ3) is 4.37. The largest absolute Gasteiger partial charge is 0.319 e. The predicted molar refractivity (Wildman–Crippen MR) is 139 cm³/mol. The standard InChI is InChI=1S/C26H19Cl2N3O2S/c1-14-9-21-22(10-15(14)2)31(13-17-5-8-19(27)20(28)11-17)24(29-21)18-6-3-16(4-7-18)12-23-25(32)30-26(33)34-23/h3-12H,13H2,1-2H3,(H,30,32,33)/b23-12-. The number of rotatable bonds is 4. The second-order valence-electron chi connectivity index (χ2n) is 8.17. The van der Waals surface area contributed by atoms with E-state index in [0.29, 0.717) is 21.5 Å². The van der Waals surface area contributed by atoms with Gasteiger partial charge >= 0.3 is 0 Å². The Morgan fingerprint density at radius 2 is 1.71 bits per heavy atom. The minimum atomic E-state index is -0.367. The summed E-state index contributed by atoms with van der Waals surface area (Å²) in [6, 6.07) is 17.7. The molecule has 5 rings (SSSR count).